The summed E-state index contributed by atoms with van der Waals surface area (Å²) in [6, 6.07) is 19.9. The molecule has 0 bridgehead atoms. The zero-order chi connectivity index (χ0) is 24.2. The van der Waals surface area contributed by atoms with E-state index in [-0.39, 0.29) is 23.1 Å². The van der Waals surface area contributed by atoms with Crippen LogP contribution in [-0.2, 0) is 14.3 Å². The molecule has 1 aliphatic rings. The Bertz CT molecular complexity index is 1200. The highest BCUT2D eigenvalue weighted by atomic mass is 35.5. The van der Waals surface area contributed by atoms with Crippen molar-refractivity contribution in [2.24, 2.45) is 0 Å². The average molecular weight is 479 g/mol. The lowest BCUT2D eigenvalue weighted by Gasteiger charge is -2.20. The number of amides is 2. The van der Waals surface area contributed by atoms with Crippen LogP contribution in [0.5, 0.6) is 0 Å². The Morgan fingerprint density at radius 1 is 0.912 bits per heavy atom. The number of nitrogens with one attached hydrogen (secondary N) is 2. The number of hydrogen-bond acceptors (Lipinski definition) is 4. The largest absolute Gasteiger partial charge is 0.479 e. The molecule has 4 rings (SSSR count). The van der Waals surface area contributed by atoms with Gasteiger partial charge in [0.2, 0.25) is 5.91 Å². The lowest BCUT2D eigenvalue weighted by Crippen LogP contribution is -2.47. The number of rotatable bonds is 7. The third-order valence-corrected chi connectivity index (χ3v) is 6.17. The first-order valence-electron chi connectivity index (χ1n) is 10.8. The van der Waals surface area contributed by atoms with Crippen molar-refractivity contribution in [2.45, 2.75) is 24.9 Å². The van der Waals surface area contributed by atoms with E-state index in [1.807, 2.05) is 48.5 Å². The van der Waals surface area contributed by atoms with E-state index in [2.05, 4.69) is 10.6 Å². The summed E-state index contributed by atoms with van der Waals surface area (Å²) in [5.74, 6) is -2.06. The summed E-state index contributed by atoms with van der Waals surface area (Å²) in [5, 5.41) is 14.6. The standard InChI is InChI=1S/C26H23ClN2O5/c1-15(24(30)29-23(25(31)32)20-12-6-7-13-22(20)27)28-26(33)34-14-21-18-10-4-2-8-16(18)17-9-3-5-11-19(17)21/h2-13,15,21,23H,14H2,1H3,(H,28,33)(H,29,30)(H,31,32)/t15-,23+/m0/s1. The molecule has 3 aromatic rings. The van der Waals surface area contributed by atoms with Crippen molar-refractivity contribution in [2.75, 3.05) is 6.61 Å². The van der Waals surface area contributed by atoms with E-state index in [1.165, 1.54) is 19.1 Å². The minimum absolute atomic E-state index is 0.103. The normalized spacial score (nSPS) is 13.8. The quantitative estimate of drug-likeness (QED) is 0.463. The van der Waals surface area contributed by atoms with Gasteiger partial charge in [-0.25, -0.2) is 9.59 Å². The van der Waals surface area contributed by atoms with E-state index >= 15 is 0 Å². The van der Waals surface area contributed by atoms with Crippen LogP contribution in [-0.4, -0.2) is 35.7 Å². The van der Waals surface area contributed by atoms with Gasteiger partial charge in [-0.15, -0.1) is 0 Å². The number of carboxylic acid groups (broad SMARTS) is 1. The first-order chi connectivity index (χ1) is 16.4. The van der Waals surface area contributed by atoms with Crippen LogP contribution >= 0.6 is 11.6 Å². The fourth-order valence-corrected chi connectivity index (χ4v) is 4.38. The van der Waals surface area contributed by atoms with Crippen LogP contribution in [0.4, 0.5) is 4.79 Å². The predicted molar refractivity (Wildman–Crippen MR) is 128 cm³/mol. The van der Waals surface area contributed by atoms with Crippen molar-refractivity contribution < 1.29 is 24.2 Å². The number of fused-ring (bicyclic) bond motifs is 3. The maximum atomic E-state index is 12.6. The smallest absolute Gasteiger partial charge is 0.407 e. The lowest BCUT2D eigenvalue weighted by atomic mass is 9.98. The number of halogens is 1. The van der Waals surface area contributed by atoms with Gasteiger partial charge in [-0.05, 0) is 35.2 Å². The highest BCUT2D eigenvalue weighted by Gasteiger charge is 2.30. The molecule has 0 aromatic heterocycles. The molecule has 0 saturated carbocycles. The molecule has 0 unspecified atom stereocenters. The van der Waals surface area contributed by atoms with Gasteiger partial charge in [-0.2, -0.15) is 0 Å². The van der Waals surface area contributed by atoms with Crippen molar-refractivity contribution in [1.82, 2.24) is 10.6 Å². The molecule has 1 aliphatic carbocycles. The zero-order valence-corrected chi connectivity index (χ0v) is 19.1. The number of benzene rings is 3. The van der Waals surface area contributed by atoms with Crippen LogP contribution in [0.3, 0.4) is 0 Å². The maximum absolute atomic E-state index is 12.6. The van der Waals surface area contributed by atoms with Crippen molar-refractivity contribution in [3.8, 4) is 11.1 Å². The second kappa shape index (κ2) is 9.97. The molecule has 7 nitrogen and oxygen atoms in total. The summed E-state index contributed by atoms with van der Waals surface area (Å²) in [5.41, 5.74) is 4.62. The average Bonchev–Trinajstić information content (AvgIpc) is 3.15. The van der Waals surface area contributed by atoms with Crippen molar-refractivity contribution >= 4 is 29.6 Å². The van der Waals surface area contributed by atoms with Crippen LogP contribution in [0.2, 0.25) is 5.02 Å². The molecule has 3 N–H and O–H groups in total. The molecule has 0 radical (unpaired) electrons. The van der Waals surface area contributed by atoms with E-state index in [0.29, 0.717) is 0 Å². The molecule has 8 heteroatoms. The highest BCUT2D eigenvalue weighted by molar-refractivity contribution is 6.31. The Labute approximate surface area is 201 Å². The van der Waals surface area contributed by atoms with Gasteiger partial charge >= 0.3 is 12.1 Å². The maximum Gasteiger partial charge on any atom is 0.407 e. The van der Waals surface area contributed by atoms with Crippen molar-refractivity contribution in [3.05, 3.63) is 94.5 Å². The first kappa shape index (κ1) is 23.3. The van der Waals surface area contributed by atoms with Gasteiger partial charge in [0.15, 0.2) is 6.04 Å². The van der Waals surface area contributed by atoms with Gasteiger partial charge in [-0.3, -0.25) is 4.79 Å². The summed E-state index contributed by atoms with van der Waals surface area (Å²) < 4.78 is 5.45. The number of carboxylic acids is 1. The minimum atomic E-state index is -1.35. The van der Waals surface area contributed by atoms with Gasteiger partial charge in [0.1, 0.15) is 12.6 Å². The lowest BCUT2D eigenvalue weighted by molar-refractivity contribution is -0.142. The molecule has 3 aromatic carbocycles. The second-order valence-corrected chi connectivity index (χ2v) is 8.40. The molecule has 0 fully saturated rings. The van der Waals surface area contributed by atoms with Gasteiger partial charge < -0.3 is 20.5 Å². The summed E-state index contributed by atoms with van der Waals surface area (Å²) in [6.07, 6.45) is -0.769. The molecule has 0 spiro atoms. The Morgan fingerprint density at radius 3 is 2.06 bits per heavy atom. The number of aliphatic carboxylic acids is 1. The number of carbonyl (C=O) groups excluding carboxylic acids is 2. The first-order valence-corrected chi connectivity index (χ1v) is 11.1. The Kier molecular flexibility index (Phi) is 6.84. The van der Waals surface area contributed by atoms with E-state index < -0.39 is 30.1 Å². The number of ether oxygens (including phenoxy) is 1. The van der Waals surface area contributed by atoms with Gasteiger partial charge in [0.05, 0.1) is 0 Å². The molecular weight excluding hydrogens is 456 g/mol. The van der Waals surface area contributed by atoms with Crippen LogP contribution in [0.1, 0.15) is 35.6 Å². The summed E-state index contributed by atoms with van der Waals surface area (Å²) in [4.78, 5) is 36.7. The van der Waals surface area contributed by atoms with E-state index in [4.69, 9.17) is 16.3 Å². The molecule has 2 amide bonds. The molecule has 2 atom stereocenters. The Hall–Kier alpha value is -3.84. The minimum Gasteiger partial charge on any atom is -0.479 e. The Balaban J connectivity index is 1.37. The van der Waals surface area contributed by atoms with Gasteiger partial charge in [-0.1, -0.05) is 78.3 Å². The molecule has 0 saturated heterocycles. The van der Waals surface area contributed by atoms with Crippen LogP contribution < -0.4 is 10.6 Å². The third kappa shape index (κ3) is 4.75. The molecular formula is C26H23ClN2O5. The predicted octanol–water partition coefficient (Wildman–Crippen LogP) is 4.51. The van der Waals surface area contributed by atoms with E-state index in [0.717, 1.165) is 22.3 Å². The fraction of sp³-hybridized carbons (Fsp3) is 0.192. The molecule has 34 heavy (non-hydrogen) atoms. The summed E-state index contributed by atoms with van der Waals surface area (Å²) in [6.45, 7) is 1.55. The van der Waals surface area contributed by atoms with Crippen LogP contribution in [0, 0.1) is 0 Å². The number of hydrogen-bond donors (Lipinski definition) is 3. The summed E-state index contributed by atoms with van der Waals surface area (Å²) >= 11 is 6.08. The number of alkyl carbamates (subject to hydrolysis) is 1. The Morgan fingerprint density at radius 2 is 1.47 bits per heavy atom. The van der Waals surface area contributed by atoms with Gasteiger partial charge in [0, 0.05) is 16.5 Å². The highest BCUT2D eigenvalue weighted by Crippen LogP contribution is 2.44. The second-order valence-electron chi connectivity index (χ2n) is 7.99. The van der Waals surface area contributed by atoms with E-state index in [9.17, 15) is 19.5 Å². The molecule has 0 aliphatic heterocycles. The SMILES string of the molecule is C[C@H](NC(=O)OCC1c2ccccc2-c2ccccc21)C(=O)N[C@@H](C(=O)O)c1ccccc1Cl. The molecule has 174 valence electrons. The molecule has 0 heterocycles. The van der Waals surface area contributed by atoms with E-state index in [1.54, 1.807) is 12.1 Å². The number of carbonyl (C=O) groups is 3. The third-order valence-electron chi connectivity index (χ3n) is 5.82. The van der Waals surface area contributed by atoms with Crippen LogP contribution in [0.25, 0.3) is 11.1 Å². The fourth-order valence-electron chi connectivity index (χ4n) is 4.13. The van der Waals surface area contributed by atoms with Crippen molar-refractivity contribution in [3.63, 3.8) is 0 Å². The monoisotopic (exact) mass is 478 g/mol. The van der Waals surface area contributed by atoms with Gasteiger partial charge in [0.25, 0.3) is 0 Å². The van der Waals surface area contributed by atoms with Crippen LogP contribution in [0.15, 0.2) is 72.8 Å². The summed E-state index contributed by atoms with van der Waals surface area (Å²) in [7, 11) is 0. The topological polar surface area (TPSA) is 105 Å². The van der Waals surface area contributed by atoms with Crippen molar-refractivity contribution in [1.29, 1.82) is 0 Å². The zero-order valence-electron chi connectivity index (χ0n) is 18.3.